The Hall–Kier alpha value is -4.44. The predicted octanol–water partition coefficient (Wildman–Crippen LogP) is 9.85. The summed E-state index contributed by atoms with van der Waals surface area (Å²) in [5.41, 5.74) is 7.63. The fourth-order valence-electron chi connectivity index (χ4n) is 4.96. The summed E-state index contributed by atoms with van der Waals surface area (Å²) in [5, 5.41) is 0. The van der Waals surface area contributed by atoms with Gasteiger partial charge >= 0.3 is 0 Å². The van der Waals surface area contributed by atoms with Crippen molar-refractivity contribution in [3.63, 3.8) is 0 Å². The molecule has 0 amide bonds. The Balaban J connectivity index is 1.48. The van der Waals surface area contributed by atoms with Crippen LogP contribution in [0.2, 0.25) is 0 Å². The van der Waals surface area contributed by atoms with Crippen molar-refractivity contribution < 1.29 is 18.4 Å². The lowest BCUT2D eigenvalue weighted by Gasteiger charge is -2.06. The van der Waals surface area contributed by atoms with E-state index in [1.54, 1.807) is 0 Å². The van der Waals surface area contributed by atoms with Crippen molar-refractivity contribution in [3.05, 3.63) is 107 Å². The summed E-state index contributed by atoms with van der Waals surface area (Å²) in [6.07, 6.45) is 7.95. The Labute approximate surface area is 235 Å². The molecule has 0 aliphatic heterocycles. The maximum absolute atomic E-state index is 11.1. The number of unbranched alkanes of at least 4 members (excludes halogenated alkanes) is 2. The van der Waals surface area contributed by atoms with Crippen molar-refractivity contribution in [2.45, 2.75) is 52.4 Å². The number of aldehydes is 2. The Kier molecular flexibility index (Phi) is 8.56. The monoisotopic (exact) mass is 530 g/mol. The van der Waals surface area contributed by atoms with Crippen LogP contribution in [-0.2, 0) is 12.8 Å². The molecule has 5 rings (SSSR count). The predicted molar refractivity (Wildman–Crippen MR) is 161 cm³/mol. The van der Waals surface area contributed by atoms with E-state index in [0.717, 1.165) is 96.4 Å². The smallest absolute Gasteiger partial charge is 0.150 e. The van der Waals surface area contributed by atoms with E-state index in [0.29, 0.717) is 11.1 Å². The van der Waals surface area contributed by atoms with Crippen LogP contribution in [0.25, 0.3) is 45.3 Å². The van der Waals surface area contributed by atoms with Crippen molar-refractivity contribution >= 4 is 12.6 Å². The second-order valence-electron chi connectivity index (χ2n) is 10.2. The van der Waals surface area contributed by atoms with Crippen molar-refractivity contribution in [3.8, 4) is 45.3 Å². The molecule has 0 bridgehead atoms. The molecule has 0 N–H and O–H groups in total. The molecule has 4 nitrogen and oxygen atoms in total. The number of hydrogen-bond acceptors (Lipinski definition) is 4. The van der Waals surface area contributed by atoms with Gasteiger partial charge < -0.3 is 8.83 Å². The van der Waals surface area contributed by atoms with E-state index >= 15 is 0 Å². The maximum atomic E-state index is 11.1. The van der Waals surface area contributed by atoms with E-state index in [2.05, 4.69) is 50.2 Å². The van der Waals surface area contributed by atoms with Gasteiger partial charge in [-0.1, -0.05) is 99.5 Å². The highest BCUT2D eigenvalue weighted by atomic mass is 16.3. The van der Waals surface area contributed by atoms with E-state index in [9.17, 15) is 9.59 Å². The quantitative estimate of drug-likeness (QED) is 0.151. The summed E-state index contributed by atoms with van der Waals surface area (Å²) >= 11 is 0. The fraction of sp³-hybridized carbons (Fsp3) is 0.222. The largest absolute Gasteiger partial charge is 0.456 e. The van der Waals surface area contributed by atoms with Crippen LogP contribution >= 0.6 is 0 Å². The summed E-state index contributed by atoms with van der Waals surface area (Å²) in [4.78, 5) is 22.1. The summed E-state index contributed by atoms with van der Waals surface area (Å²) in [6.45, 7) is 4.38. The van der Waals surface area contributed by atoms with Gasteiger partial charge in [0.2, 0.25) is 0 Å². The molecule has 0 atom stereocenters. The van der Waals surface area contributed by atoms with E-state index in [1.165, 1.54) is 11.1 Å². The number of carbonyl (C=O) groups excluding carboxylic acids is 2. The molecule has 0 aliphatic carbocycles. The van der Waals surface area contributed by atoms with E-state index in [1.807, 2.05) is 48.5 Å². The number of carbonyl (C=O) groups is 2. The molecule has 40 heavy (non-hydrogen) atoms. The average Bonchev–Trinajstić information content (AvgIpc) is 3.64. The van der Waals surface area contributed by atoms with Gasteiger partial charge in [-0.15, -0.1) is 0 Å². The molecule has 0 spiro atoms. The van der Waals surface area contributed by atoms with Crippen LogP contribution in [-0.4, -0.2) is 12.6 Å². The van der Waals surface area contributed by atoms with Crippen LogP contribution < -0.4 is 0 Å². The number of rotatable bonds is 12. The second kappa shape index (κ2) is 12.6. The standard InChI is InChI=1S/C36H34O4/c1-3-5-7-31-21-33(27-13-9-25(23-37)10-14-27)39-35(31)29-17-19-30(20-18-29)36-32(8-6-4-2)22-34(40-36)28-15-11-26(24-38)12-16-28/h9-24H,3-8H2,1-2H3. The molecular weight excluding hydrogens is 496 g/mol. The van der Waals surface area contributed by atoms with Gasteiger partial charge in [-0.2, -0.15) is 0 Å². The highest BCUT2D eigenvalue weighted by molar-refractivity contribution is 5.78. The van der Waals surface area contributed by atoms with E-state index in [4.69, 9.17) is 8.83 Å². The van der Waals surface area contributed by atoms with Gasteiger partial charge in [0.25, 0.3) is 0 Å². The molecule has 0 saturated heterocycles. The molecule has 0 fully saturated rings. The van der Waals surface area contributed by atoms with Gasteiger partial charge in [-0.05, 0) is 48.9 Å². The van der Waals surface area contributed by atoms with Crippen molar-refractivity contribution in [2.75, 3.05) is 0 Å². The minimum atomic E-state index is 0.648. The van der Waals surface area contributed by atoms with Crippen LogP contribution in [0.4, 0.5) is 0 Å². The zero-order valence-electron chi connectivity index (χ0n) is 23.1. The molecule has 3 aromatic carbocycles. The van der Waals surface area contributed by atoms with Crippen LogP contribution in [0.3, 0.4) is 0 Å². The molecule has 2 aromatic heterocycles. The summed E-state index contributed by atoms with van der Waals surface area (Å²) in [5.74, 6) is 3.38. The number of benzene rings is 3. The normalized spacial score (nSPS) is 11.1. The van der Waals surface area contributed by atoms with Gasteiger partial charge in [0.1, 0.15) is 35.6 Å². The lowest BCUT2D eigenvalue weighted by atomic mass is 10.00. The summed E-state index contributed by atoms with van der Waals surface area (Å²) in [7, 11) is 0. The third-order valence-electron chi connectivity index (χ3n) is 7.29. The molecule has 0 radical (unpaired) electrons. The SMILES string of the molecule is CCCCc1cc(-c2ccc(C=O)cc2)oc1-c1ccc(-c2oc(-c3ccc(C=O)cc3)cc2CCCC)cc1. The number of aryl methyl sites for hydroxylation is 2. The Morgan fingerprint density at radius 3 is 1.20 bits per heavy atom. The van der Waals surface area contributed by atoms with Crippen molar-refractivity contribution in [1.29, 1.82) is 0 Å². The molecule has 2 heterocycles. The first kappa shape index (κ1) is 27.1. The number of hydrogen-bond donors (Lipinski definition) is 0. The van der Waals surface area contributed by atoms with Gasteiger partial charge in [0.15, 0.2) is 0 Å². The van der Waals surface area contributed by atoms with Crippen molar-refractivity contribution in [2.24, 2.45) is 0 Å². The topological polar surface area (TPSA) is 60.4 Å². The minimum absolute atomic E-state index is 0.648. The summed E-state index contributed by atoms with van der Waals surface area (Å²) < 4.78 is 12.8. The van der Waals surface area contributed by atoms with Crippen LogP contribution in [0.5, 0.6) is 0 Å². The highest BCUT2D eigenvalue weighted by Crippen LogP contribution is 2.37. The molecule has 5 aromatic rings. The van der Waals surface area contributed by atoms with Crippen LogP contribution in [0.15, 0.2) is 93.8 Å². The Bertz CT molecular complexity index is 1450. The minimum Gasteiger partial charge on any atom is -0.456 e. The number of furan rings is 2. The van der Waals surface area contributed by atoms with Gasteiger partial charge in [0, 0.05) is 33.4 Å². The molecule has 0 aliphatic rings. The lowest BCUT2D eigenvalue weighted by Crippen LogP contribution is -1.87. The Morgan fingerprint density at radius 1 is 0.525 bits per heavy atom. The molecule has 202 valence electrons. The van der Waals surface area contributed by atoms with E-state index < -0.39 is 0 Å². The zero-order valence-corrected chi connectivity index (χ0v) is 23.1. The molecule has 4 heteroatoms. The maximum Gasteiger partial charge on any atom is 0.150 e. The second-order valence-corrected chi connectivity index (χ2v) is 10.2. The molecular formula is C36H34O4. The highest BCUT2D eigenvalue weighted by Gasteiger charge is 2.17. The van der Waals surface area contributed by atoms with Gasteiger partial charge in [-0.3, -0.25) is 9.59 Å². The Morgan fingerprint density at radius 2 is 0.875 bits per heavy atom. The average molecular weight is 531 g/mol. The van der Waals surface area contributed by atoms with Gasteiger partial charge in [-0.25, -0.2) is 0 Å². The van der Waals surface area contributed by atoms with Gasteiger partial charge in [0.05, 0.1) is 0 Å². The zero-order chi connectivity index (χ0) is 27.9. The third kappa shape index (κ3) is 5.91. The summed E-state index contributed by atoms with van der Waals surface area (Å²) in [6, 6.07) is 27.7. The first-order valence-corrected chi connectivity index (χ1v) is 14.1. The van der Waals surface area contributed by atoms with E-state index in [-0.39, 0.29) is 0 Å². The molecule has 0 saturated carbocycles. The van der Waals surface area contributed by atoms with Crippen LogP contribution in [0, 0.1) is 0 Å². The third-order valence-corrected chi connectivity index (χ3v) is 7.29. The van der Waals surface area contributed by atoms with Crippen molar-refractivity contribution in [1.82, 2.24) is 0 Å². The molecule has 0 unspecified atom stereocenters. The van der Waals surface area contributed by atoms with Crippen LogP contribution in [0.1, 0.15) is 71.4 Å². The first-order valence-electron chi connectivity index (χ1n) is 14.1. The first-order chi connectivity index (χ1) is 19.6. The lowest BCUT2D eigenvalue weighted by molar-refractivity contribution is 0.111. The fourth-order valence-corrected chi connectivity index (χ4v) is 4.96.